The highest BCUT2D eigenvalue weighted by atomic mass is 28.4. The lowest BCUT2D eigenvalue weighted by Crippen LogP contribution is -2.49. The van der Waals surface area contributed by atoms with E-state index in [1.165, 1.54) is 6.08 Å². The van der Waals surface area contributed by atoms with Crippen LogP contribution in [0.2, 0.25) is 6.04 Å². The summed E-state index contributed by atoms with van der Waals surface area (Å²) in [7, 11) is 5.17. The Morgan fingerprint density at radius 3 is 2.33 bits per heavy atom. The number of rotatable bonds is 9. The lowest BCUT2D eigenvalue weighted by Gasteiger charge is -2.29. The summed E-state index contributed by atoms with van der Waals surface area (Å²) in [5.74, 6) is -0.299. The monoisotopic (exact) mass is 275 g/mol. The average Bonchev–Trinajstić information content (AvgIpc) is 2.33. The molecule has 0 aliphatic carbocycles. The minimum Gasteiger partial charge on any atom is -0.463 e. The van der Waals surface area contributed by atoms with E-state index < -0.39 is 8.56 Å². The summed E-state index contributed by atoms with van der Waals surface area (Å²) in [5, 5.41) is 0. The van der Waals surface area contributed by atoms with Gasteiger partial charge in [0.05, 0.1) is 6.61 Å². The molecule has 0 unspecified atom stereocenters. The number of hydrogen-bond acceptors (Lipinski definition) is 5. The van der Waals surface area contributed by atoms with Gasteiger partial charge in [0.25, 0.3) is 0 Å². The highest BCUT2D eigenvalue weighted by Gasteiger charge is 2.35. The molecular formula is C12H25NO4Si. The lowest BCUT2D eigenvalue weighted by molar-refractivity contribution is -0.137. The van der Waals surface area contributed by atoms with E-state index in [1.54, 1.807) is 27.2 Å². The maximum absolute atomic E-state index is 11.1. The minimum absolute atomic E-state index is 0.299. The van der Waals surface area contributed by atoms with Crippen molar-refractivity contribution in [2.24, 2.45) is 0 Å². The molecule has 0 aromatic carbocycles. The van der Waals surface area contributed by atoms with Crippen LogP contribution >= 0.6 is 0 Å². The van der Waals surface area contributed by atoms with Gasteiger partial charge in [-0.25, -0.2) is 4.79 Å². The third-order valence-corrected chi connectivity index (χ3v) is 6.27. The molecule has 0 fully saturated rings. The normalized spacial score (nSPS) is 12.3. The van der Waals surface area contributed by atoms with Crippen LogP contribution in [0.1, 0.15) is 13.3 Å². The van der Waals surface area contributed by atoms with Crippen LogP contribution in [-0.4, -0.2) is 60.5 Å². The molecular weight excluding hydrogens is 250 g/mol. The van der Waals surface area contributed by atoms with Gasteiger partial charge in [-0.2, -0.15) is 0 Å². The Hall–Kier alpha value is -0.693. The van der Waals surface area contributed by atoms with E-state index in [0.717, 1.165) is 18.6 Å². The van der Waals surface area contributed by atoms with Crippen LogP contribution in [0.4, 0.5) is 0 Å². The van der Waals surface area contributed by atoms with Crippen LogP contribution in [0.5, 0.6) is 0 Å². The number of hydrogen-bond donors (Lipinski definition) is 0. The van der Waals surface area contributed by atoms with Crippen LogP contribution in [0.3, 0.4) is 0 Å². The molecule has 6 heteroatoms. The molecule has 0 aromatic rings. The molecule has 18 heavy (non-hydrogen) atoms. The Kier molecular flexibility index (Phi) is 8.91. The Labute approximate surface area is 111 Å². The first-order chi connectivity index (χ1) is 8.49. The predicted molar refractivity (Wildman–Crippen MR) is 73.5 cm³/mol. The number of carbonyl (C=O) groups is 1. The predicted octanol–water partition coefficient (Wildman–Crippen LogP) is 1.33. The zero-order chi connectivity index (χ0) is 14.0. The van der Waals surface area contributed by atoms with E-state index >= 15 is 0 Å². The lowest BCUT2D eigenvalue weighted by atomic mass is 10.5. The zero-order valence-corrected chi connectivity index (χ0v) is 13.1. The molecule has 0 rings (SSSR count). The van der Waals surface area contributed by atoms with E-state index in [4.69, 9.17) is 13.6 Å². The molecule has 0 spiro atoms. The number of ether oxygens (including phenoxy) is 1. The molecule has 0 heterocycles. The highest BCUT2D eigenvalue weighted by molar-refractivity contribution is 6.67. The van der Waals surface area contributed by atoms with Gasteiger partial charge in [-0.1, -0.05) is 6.08 Å². The smallest absolute Gasteiger partial charge is 0.352 e. The van der Waals surface area contributed by atoms with Gasteiger partial charge in [0.1, 0.15) is 0 Å². The SMILES string of the molecule is CC=CC(=O)OCCC[Si](CN(C)C)(OC)OC. The molecule has 0 saturated heterocycles. The van der Waals surface area contributed by atoms with Crippen LogP contribution in [0.15, 0.2) is 12.2 Å². The summed E-state index contributed by atoms with van der Waals surface area (Å²) < 4.78 is 16.2. The van der Waals surface area contributed by atoms with Gasteiger partial charge in [0, 0.05) is 26.5 Å². The Bertz CT molecular complexity index is 265. The Morgan fingerprint density at radius 1 is 1.28 bits per heavy atom. The van der Waals surface area contributed by atoms with Gasteiger partial charge in [0.15, 0.2) is 0 Å². The Balaban J connectivity index is 4.08. The molecule has 0 saturated carbocycles. The van der Waals surface area contributed by atoms with E-state index in [-0.39, 0.29) is 5.97 Å². The first-order valence-corrected chi connectivity index (χ1v) is 8.27. The second kappa shape index (κ2) is 9.27. The van der Waals surface area contributed by atoms with Crippen LogP contribution in [0, 0.1) is 0 Å². The fraction of sp³-hybridized carbons (Fsp3) is 0.750. The molecule has 0 aliphatic rings. The summed E-state index contributed by atoms with van der Waals surface area (Å²) in [6.07, 6.45) is 4.63. The molecule has 5 nitrogen and oxygen atoms in total. The summed E-state index contributed by atoms with van der Waals surface area (Å²) in [6, 6.07) is 0.807. The topological polar surface area (TPSA) is 48.0 Å². The van der Waals surface area contributed by atoms with Gasteiger partial charge >= 0.3 is 14.5 Å². The standard InChI is InChI=1S/C12H25NO4Si/c1-6-8-12(14)17-9-7-10-18(15-4,16-5)11-13(2)3/h6,8H,7,9-11H2,1-5H3. The van der Waals surface area contributed by atoms with Gasteiger partial charge < -0.3 is 18.5 Å². The molecule has 0 N–H and O–H groups in total. The molecule has 0 aromatic heterocycles. The fourth-order valence-electron chi connectivity index (χ4n) is 1.68. The highest BCUT2D eigenvalue weighted by Crippen LogP contribution is 2.15. The maximum atomic E-state index is 11.1. The third kappa shape index (κ3) is 6.90. The zero-order valence-electron chi connectivity index (χ0n) is 12.1. The first kappa shape index (κ1) is 17.3. The molecule has 0 radical (unpaired) electrons. The number of carbonyl (C=O) groups excluding carboxylic acids is 1. The number of allylic oxidation sites excluding steroid dienone is 1. The molecule has 0 aliphatic heterocycles. The quantitative estimate of drug-likeness (QED) is 0.275. The van der Waals surface area contributed by atoms with Gasteiger partial charge in [-0.05, 0) is 33.5 Å². The van der Waals surface area contributed by atoms with Crippen molar-refractivity contribution in [1.29, 1.82) is 0 Å². The van der Waals surface area contributed by atoms with Gasteiger partial charge in [-0.3, -0.25) is 0 Å². The average molecular weight is 275 g/mol. The first-order valence-electron chi connectivity index (χ1n) is 6.04. The van der Waals surface area contributed by atoms with E-state index in [2.05, 4.69) is 4.90 Å². The second-order valence-corrected chi connectivity index (χ2v) is 7.78. The van der Waals surface area contributed by atoms with Crippen LogP contribution in [0.25, 0.3) is 0 Å². The molecule has 106 valence electrons. The van der Waals surface area contributed by atoms with Crippen molar-refractivity contribution < 1.29 is 18.4 Å². The fourth-order valence-corrected chi connectivity index (χ4v) is 4.31. The summed E-state index contributed by atoms with van der Waals surface area (Å²) >= 11 is 0. The third-order valence-electron chi connectivity index (χ3n) is 2.55. The summed E-state index contributed by atoms with van der Waals surface area (Å²) in [5.41, 5.74) is 0. The molecule has 0 atom stereocenters. The van der Waals surface area contributed by atoms with Crippen molar-refractivity contribution in [3.05, 3.63) is 12.2 Å². The van der Waals surface area contributed by atoms with Crippen LogP contribution in [-0.2, 0) is 18.4 Å². The number of nitrogens with zero attached hydrogens (tertiary/aromatic N) is 1. The van der Waals surface area contributed by atoms with Crippen molar-refractivity contribution in [3.63, 3.8) is 0 Å². The second-order valence-electron chi connectivity index (χ2n) is 4.33. The van der Waals surface area contributed by atoms with E-state index in [0.29, 0.717) is 6.61 Å². The van der Waals surface area contributed by atoms with Crippen molar-refractivity contribution >= 4 is 14.5 Å². The van der Waals surface area contributed by atoms with Gasteiger partial charge in [-0.15, -0.1) is 0 Å². The van der Waals surface area contributed by atoms with E-state index in [9.17, 15) is 4.79 Å². The van der Waals surface area contributed by atoms with Gasteiger partial charge in [0.2, 0.25) is 0 Å². The van der Waals surface area contributed by atoms with Crippen molar-refractivity contribution in [2.45, 2.75) is 19.4 Å². The minimum atomic E-state index is -2.18. The number of esters is 1. The van der Waals surface area contributed by atoms with Crippen molar-refractivity contribution in [2.75, 3.05) is 41.1 Å². The molecule has 0 bridgehead atoms. The maximum Gasteiger partial charge on any atom is 0.352 e. The summed E-state index contributed by atoms with van der Waals surface area (Å²) in [6.45, 7) is 2.18. The molecule has 0 amide bonds. The van der Waals surface area contributed by atoms with Crippen LogP contribution < -0.4 is 0 Å². The largest absolute Gasteiger partial charge is 0.463 e. The van der Waals surface area contributed by atoms with E-state index in [1.807, 2.05) is 14.1 Å². The Morgan fingerprint density at radius 2 is 1.89 bits per heavy atom. The summed E-state index contributed by atoms with van der Waals surface area (Å²) in [4.78, 5) is 13.2. The van der Waals surface area contributed by atoms with Crippen molar-refractivity contribution in [3.8, 4) is 0 Å². The van der Waals surface area contributed by atoms with Crippen molar-refractivity contribution in [1.82, 2.24) is 4.90 Å².